The van der Waals surface area contributed by atoms with Gasteiger partial charge in [-0.1, -0.05) is 29.4 Å². The van der Waals surface area contributed by atoms with Crippen molar-refractivity contribution in [2.45, 2.75) is 51.7 Å². The van der Waals surface area contributed by atoms with Crippen molar-refractivity contribution in [1.29, 1.82) is 0 Å². The van der Waals surface area contributed by atoms with E-state index >= 15 is 0 Å². The third kappa shape index (κ3) is 6.22. The Labute approximate surface area is 233 Å². The molecule has 2 aliphatic rings. The van der Waals surface area contributed by atoms with E-state index in [9.17, 15) is 18.0 Å². The molecule has 3 heterocycles. The number of hydrogen-bond donors (Lipinski definition) is 1. The molecule has 0 spiro atoms. The van der Waals surface area contributed by atoms with E-state index in [0.29, 0.717) is 49.8 Å². The maximum atomic E-state index is 13.0. The molecule has 6 rings (SSSR count). The van der Waals surface area contributed by atoms with Crippen LogP contribution < -0.4 is 10.1 Å². The number of hydrogen-bond acceptors (Lipinski definition) is 8. The number of amides is 1. The number of rotatable bonds is 8. The van der Waals surface area contributed by atoms with Gasteiger partial charge < -0.3 is 14.6 Å². The zero-order chi connectivity index (χ0) is 28.6. The first-order valence-electron chi connectivity index (χ1n) is 13.3. The van der Waals surface area contributed by atoms with Crippen molar-refractivity contribution in [1.82, 2.24) is 30.3 Å². The second-order valence-corrected chi connectivity index (χ2v) is 10.3. The minimum absolute atomic E-state index is 0.0676. The Bertz CT molecular complexity index is 1560. The monoisotopic (exact) mass is 564 g/mol. The summed E-state index contributed by atoms with van der Waals surface area (Å²) >= 11 is 0. The van der Waals surface area contributed by atoms with Crippen LogP contribution in [0.3, 0.4) is 0 Å². The standard InChI is InChI=1S/C29H27F3N6O3/c1-17-36-28(41-37-17)25-12-24(25)27(39)34-13-19-5-6-22(18-3-2-4-21(11-18)40-29(30,31)32)23-8-10-38(15-26(19)23)14-20-7-9-33-16-35-20/h2-7,9,11,16,24-25H,8,10,12-15H2,1H3,(H,34,39)/t24?,25-/m1/s1. The van der Waals surface area contributed by atoms with E-state index in [1.54, 1.807) is 25.3 Å². The maximum Gasteiger partial charge on any atom is 0.573 e. The molecule has 2 aromatic heterocycles. The highest BCUT2D eigenvalue weighted by Crippen LogP contribution is 2.47. The summed E-state index contributed by atoms with van der Waals surface area (Å²) in [4.78, 5) is 27.8. The molecule has 0 bridgehead atoms. The zero-order valence-electron chi connectivity index (χ0n) is 22.2. The SMILES string of the molecule is Cc1noc([C@@H]2CC2C(=O)NCc2ccc(-c3cccc(OC(F)(F)F)c3)c3c2CN(Cc2ccncn2)CC3)n1. The fourth-order valence-corrected chi connectivity index (χ4v) is 5.40. The molecule has 2 atom stereocenters. The summed E-state index contributed by atoms with van der Waals surface area (Å²) in [5.74, 6) is 0.407. The fourth-order valence-electron chi connectivity index (χ4n) is 5.40. The van der Waals surface area contributed by atoms with E-state index in [1.807, 2.05) is 18.2 Å². The molecule has 1 unspecified atom stereocenters. The van der Waals surface area contributed by atoms with Crippen molar-refractivity contribution < 1.29 is 27.2 Å². The average Bonchev–Trinajstić information content (AvgIpc) is 3.64. The summed E-state index contributed by atoms with van der Waals surface area (Å²) in [6.07, 6.45) is -0.208. The number of nitrogens with one attached hydrogen (secondary N) is 1. The second-order valence-electron chi connectivity index (χ2n) is 10.3. The third-order valence-corrected chi connectivity index (χ3v) is 7.44. The Kier molecular flexibility index (Phi) is 7.16. The van der Waals surface area contributed by atoms with E-state index in [4.69, 9.17) is 4.52 Å². The average molecular weight is 565 g/mol. The third-order valence-electron chi connectivity index (χ3n) is 7.44. The highest BCUT2D eigenvalue weighted by molar-refractivity contribution is 5.82. The summed E-state index contributed by atoms with van der Waals surface area (Å²) < 4.78 is 48.0. The Hall–Kier alpha value is -4.32. The lowest BCUT2D eigenvalue weighted by Crippen LogP contribution is -2.33. The van der Waals surface area contributed by atoms with Crippen LogP contribution in [0.4, 0.5) is 13.2 Å². The number of benzene rings is 2. The van der Waals surface area contributed by atoms with Crippen LogP contribution in [0.25, 0.3) is 11.1 Å². The number of ether oxygens (including phenoxy) is 1. The number of carbonyl (C=O) groups excluding carboxylic acids is 1. The zero-order valence-corrected chi connectivity index (χ0v) is 22.2. The molecular weight excluding hydrogens is 537 g/mol. The van der Waals surface area contributed by atoms with Gasteiger partial charge in [-0.15, -0.1) is 13.2 Å². The molecule has 0 saturated heterocycles. The van der Waals surface area contributed by atoms with Gasteiger partial charge in [0.1, 0.15) is 12.1 Å². The largest absolute Gasteiger partial charge is 0.573 e. The quantitative estimate of drug-likeness (QED) is 0.328. The minimum atomic E-state index is -4.77. The number of alkyl halides is 3. The Morgan fingerprint density at radius 1 is 1.20 bits per heavy atom. The first-order chi connectivity index (χ1) is 19.7. The van der Waals surface area contributed by atoms with Gasteiger partial charge in [-0.3, -0.25) is 9.69 Å². The van der Waals surface area contributed by atoms with E-state index in [0.717, 1.165) is 34.5 Å². The molecule has 12 heteroatoms. The minimum Gasteiger partial charge on any atom is -0.406 e. The molecule has 1 N–H and O–H groups in total. The van der Waals surface area contributed by atoms with Crippen LogP contribution in [0.1, 0.15) is 46.4 Å². The molecule has 1 aliphatic carbocycles. The van der Waals surface area contributed by atoms with Crippen molar-refractivity contribution in [2.75, 3.05) is 6.54 Å². The maximum absolute atomic E-state index is 13.0. The van der Waals surface area contributed by atoms with Gasteiger partial charge in [0.05, 0.1) is 17.5 Å². The van der Waals surface area contributed by atoms with Crippen LogP contribution in [0.15, 0.2) is 59.5 Å². The predicted octanol–water partition coefficient (Wildman–Crippen LogP) is 4.71. The van der Waals surface area contributed by atoms with Crippen molar-refractivity contribution in [2.24, 2.45) is 5.92 Å². The molecule has 41 heavy (non-hydrogen) atoms. The first-order valence-corrected chi connectivity index (χ1v) is 13.3. The summed E-state index contributed by atoms with van der Waals surface area (Å²) in [5, 5.41) is 6.88. The van der Waals surface area contributed by atoms with E-state index in [2.05, 4.69) is 35.1 Å². The highest BCUT2D eigenvalue weighted by Gasteiger charge is 2.47. The summed E-state index contributed by atoms with van der Waals surface area (Å²) in [7, 11) is 0. The van der Waals surface area contributed by atoms with Crippen molar-refractivity contribution in [3.63, 3.8) is 0 Å². The van der Waals surface area contributed by atoms with Crippen molar-refractivity contribution in [3.05, 3.63) is 89.1 Å². The lowest BCUT2D eigenvalue weighted by molar-refractivity contribution is -0.274. The number of nitrogens with zero attached hydrogens (tertiary/aromatic N) is 5. The first kappa shape index (κ1) is 26.9. The fraction of sp³-hybridized carbons (Fsp3) is 0.345. The molecular formula is C29H27F3N6O3. The molecule has 1 amide bonds. The molecule has 4 aromatic rings. The smallest absolute Gasteiger partial charge is 0.406 e. The molecule has 9 nitrogen and oxygen atoms in total. The summed E-state index contributed by atoms with van der Waals surface area (Å²) in [6.45, 7) is 4.04. The van der Waals surface area contributed by atoms with Gasteiger partial charge in [-0.25, -0.2) is 9.97 Å². The van der Waals surface area contributed by atoms with Gasteiger partial charge >= 0.3 is 6.36 Å². The van der Waals surface area contributed by atoms with Crippen LogP contribution in [0, 0.1) is 12.8 Å². The molecule has 0 radical (unpaired) electrons. The van der Waals surface area contributed by atoms with Crippen molar-refractivity contribution >= 4 is 5.91 Å². The molecule has 1 saturated carbocycles. The number of halogens is 3. The van der Waals surface area contributed by atoms with Gasteiger partial charge in [0.2, 0.25) is 11.8 Å². The number of aryl methyl sites for hydroxylation is 1. The van der Waals surface area contributed by atoms with Crippen LogP contribution in [-0.2, 0) is 30.8 Å². The topological polar surface area (TPSA) is 106 Å². The van der Waals surface area contributed by atoms with Crippen LogP contribution in [-0.4, -0.2) is 43.8 Å². The number of fused-ring (bicyclic) bond motifs is 1. The van der Waals surface area contributed by atoms with Crippen molar-refractivity contribution in [3.8, 4) is 16.9 Å². The Balaban J connectivity index is 1.25. The predicted molar refractivity (Wildman–Crippen MR) is 140 cm³/mol. The summed E-state index contributed by atoms with van der Waals surface area (Å²) in [6, 6.07) is 11.7. The number of aromatic nitrogens is 4. The van der Waals surface area contributed by atoms with Crippen LogP contribution in [0.5, 0.6) is 5.75 Å². The van der Waals surface area contributed by atoms with Gasteiger partial charge in [-0.05, 0) is 65.8 Å². The Morgan fingerprint density at radius 2 is 2.07 bits per heavy atom. The van der Waals surface area contributed by atoms with Gasteiger partial charge in [-0.2, -0.15) is 4.98 Å². The molecule has 2 aromatic carbocycles. The summed E-state index contributed by atoms with van der Waals surface area (Å²) in [5.41, 5.74) is 5.42. The highest BCUT2D eigenvalue weighted by atomic mass is 19.4. The lowest BCUT2D eigenvalue weighted by Gasteiger charge is -2.32. The Morgan fingerprint density at radius 3 is 2.83 bits per heavy atom. The van der Waals surface area contributed by atoms with Gasteiger partial charge in [0.15, 0.2) is 5.82 Å². The van der Waals surface area contributed by atoms with Crippen LogP contribution in [0.2, 0.25) is 0 Å². The molecule has 1 aliphatic heterocycles. The van der Waals surface area contributed by atoms with Gasteiger partial charge in [0, 0.05) is 32.4 Å². The number of carbonyl (C=O) groups is 1. The van der Waals surface area contributed by atoms with E-state index in [-0.39, 0.29) is 23.5 Å². The molecule has 212 valence electrons. The second kappa shape index (κ2) is 10.9. The normalized spacial score (nSPS) is 18.5. The van der Waals surface area contributed by atoms with E-state index in [1.165, 1.54) is 18.5 Å². The molecule has 1 fully saturated rings. The van der Waals surface area contributed by atoms with Crippen LogP contribution >= 0.6 is 0 Å². The lowest BCUT2D eigenvalue weighted by atomic mass is 9.87. The van der Waals surface area contributed by atoms with E-state index < -0.39 is 6.36 Å². The van der Waals surface area contributed by atoms with Gasteiger partial charge in [0.25, 0.3) is 0 Å².